The zero-order chi connectivity index (χ0) is 13.7. The van der Waals surface area contributed by atoms with E-state index in [1.807, 2.05) is 0 Å². The van der Waals surface area contributed by atoms with Crippen molar-refractivity contribution in [1.29, 1.82) is 0 Å². The summed E-state index contributed by atoms with van der Waals surface area (Å²) in [7, 11) is 1.71. The molecule has 3 nitrogen and oxygen atoms in total. The maximum absolute atomic E-state index is 6.02. The Balaban J connectivity index is 2.27. The summed E-state index contributed by atoms with van der Waals surface area (Å²) in [5.41, 5.74) is 7.40. The summed E-state index contributed by atoms with van der Waals surface area (Å²) in [5, 5.41) is 0. The summed E-state index contributed by atoms with van der Waals surface area (Å²) in [6.07, 6.45) is 3.83. The molecule has 2 atom stereocenters. The molecular weight excluding hydrogens is 236 g/mol. The van der Waals surface area contributed by atoms with Crippen molar-refractivity contribution in [3.05, 3.63) is 29.8 Å². The summed E-state index contributed by atoms with van der Waals surface area (Å²) in [4.78, 5) is 2.58. The van der Waals surface area contributed by atoms with Crippen LogP contribution >= 0.6 is 0 Å². The number of hydrogen-bond acceptors (Lipinski definition) is 3. The molecule has 1 aliphatic rings. The van der Waals surface area contributed by atoms with Crippen molar-refractivity contribution in [3.63, 3.8) is 0 Å². The molecule has 0 saturated carbocycles. The lowest BCUT2D eigenvalue weighted by Crippen LogP contribution is -2.35. The van der Waals surface area contributed by atoms with Gasteiger partial charge in [-0.15, -0.1) is 0 Å². The van der Waals surface area contributed by atoms with E-state index in [0.29, 0.717) is 12.0 Å². The minimum Gasteiger partial charge on any atom is -0.497 e. The third-order valence-electron chi connectivity index (χ3n) is 4.28. The Morgan fingerprint density at radius 2 is 2.00 bits per heavy atom. The van der Waals surface area contributed by atoms with Gasteiger partial charge < -0.3 is 10.5 Å². The van der Waals surface area contributed by atoms with Gasteiger partial charge in [0.1, 0.15) is 5.75 Å². The van der Waals surface area contributed by atoms with Gasteiger partial charge in [0.2, 0.25) is 0 Å². The van der Waals surface area contributed by atoms with Crippen LogP contribution in [0.5, 0.6) is 5.75 Å². The molecule has 0 amide bonds. The number of methoxy groups -OCH3 is 1. The molecule has 2 unspecified atom stereocenters. The average Bonchev–Trinajstić information content (AvgIpc) is 2.68. The Labute approximate surface area is 116 Å². The van der Waals surface area contributed by atoms with Crippen molar-refractivity contribution >= 4 is 0 Å². The van der Waals surface area contributed by atoms with Crippen molar-refractivity contribution < 1.29 is 4.74 Å². The monoisotopic (exact) mass is 262 g/mol. The van der Waals surface area contributed by atoms with Gasteiger partial charge in [-0.05, 0) is 56.1 Å². The molecule has 1 aromatic carbocycles. The molecule has 0 spiro atoms. The fourth-order valence-corrected chi connectivity index (χ4v) is 3.20. The third-order valence-corrected chi connectivity index (χ3v) is 4.28. The highest BCUT2D eigenvalue weighted by Crippen LogP contribution is 2.35. The predicted molar refractivity (Wildman–Crippen MR) is 79.4 cm³/mol. The lowest BCUT2D eigenvalue weighted by Gasteiger charge is -2.34. The number of hydrogen-bond donors (Lipinski definition) is 1. The van der Waals surface area contributed by atoms with Crippen LogP contribution < -0.4 is 10.5 Å². The van der Waals surface area contributed by atoms with E-state index in [9.17, 15) is 0 Å². The highest BCUT2D eigenvalue weighted by Gasteiger charge is 2.29. The molecule has 1 saturated heterocycles. The molecule has 19 heavy (non-hydrogen) atoms. The first-order valence-corrected chi connectivity index (χ1v) is 7.38. The van der Waals surface area contributed by atoms with E-state index in [2.05, 4.69) is 36.1 Å². The zero-order valence-electron chi connectivity index (χ0n) is 12.1. The Kier molecular flexibility index (Phi) is 5.23. The minimum atomic E-state index is 0.461. The fourth-order valence-electron chi connectivity index (χ4n) is 3.20. The summed E-state index contributed by atoms with van der Waals surface area (Å²) < 4.78 is 5.25. The van der Waals surface area contributed by atoms with E-state index in [1.165, 1.54) is 31.4 Å². The highest BCUT2D eigenvalue weighted by atomic mass is 16.5. The van der Waals surface area contributed by atoms with E-state index in [0.717, 1.165) is 18.8 Å². The highest BCUT2D eigenvalue weighted by molar-refractivity contribution is 5.29. The number of nitrogens with zero attached hydrogens (tertiary/aromatic N) is 1. The minimum absolute atomic E-state index is 0.461. The van der Waals surface area contributed by atoms with Crippen LogP contribution in [0, 0.1) is 5.92 Å². The van der Waals surface area contributed by atoms with Gasteiger partial charge in [-0.3, -0.25) is 4.90 Å². The van der Waals surface area contributed by atoms with Crippen LogP contribution in [0.3, 0.4) is 0 Å². The van der Waals surface area contributed by atoms with Gasteiger partial charge in [0.05, 0.1) is 7.11 Å². The van der Waals surface area contributed by atoms with Crippen LogP contribution in [-0.4, -0.2) is 31.6 Å². The third kappa shape index (κ3) is 3.28. The summed E-state index contributed by atoms with van der Waals surface area (Å²) in [5.74, 6) is 1.49. The number of ether oxygens (including phenoxy) is 1. The molecular formula is C16H26N2O. The van der Waals surface area contributed by atoms with Crippen molar-refractivity contribution in [3.8, 4) is 5.75 Å². The Morgan fingerprint density at radius 1 is 1.26 bits per heavy atom. The maximum atomic E-state index is 6.02. The van der Waals surface area contributed by atoms with Crippen LogP contribution in [0.25, 0.3) is 0 Å². The van der Waals surface area contributed by atoms with Crippen LogP contribution in [0.15, 0.2) is 24.3 Å². The standard InChI is InChI=1S/C16H26N2O/c1-3-18-11-5-4-6-14(12-17)16(18)13-7-9-15(19-2)10-8-13/h7-10,14,16H,3-6,11-12,17H2,1-2H3. The van der Waals surface area contributed by atoms with Gasteiger partial charge in [-0.2, -0.15) is 0 Å². The van der Waals surface area contributed by atoms with Crippen molar-refractivity contribution in [1.82, 2.24) is 4.90 Å². The molecule has 3 heteroatoms. The Bertz CT molecular complexity index is 363. The normalized spacial score (nSPS) is 25.0. The molecule has 1 aromatic rings. The summed E-state index contributed by atoms with van der Waals surface area (Å²) in [6, 6.07) is 8.97. The van der Waals surface area contributed by atoms with E-state index < -0.39 is 0 Å². The number of nitrogens with two attached hydrogens (primary N) is 1. The van der Waals surface area contributed by atoms with Gasteiger partial charge >= 0.3 is 0 Å². The first-order valence-electron chi connectivity index (χ1n) is 7.38. The largest absolute Gasteiger partial charge is 0.497 e. The fraction of sp³-hybridized carbons (Fsp3) is 0.625. The molecule has 1 aliphatic heterocycles. The van der Waals surface area contributed by atoms with E-state index in [1.54, 1.807) is 7.11 Å². The van der Waals surface area contributed by atoms with Crippen LogP contribution in [0.1, 0.15) is 37.8 Å². The molecule has 1 fully saturated rings. The molecule has 2 N–H and O–H groups in total. The Morgan fingerprint density at radius 3 is 2.58 bits per heavy atom. The summed E-state index contributed by atoms with van der Waals surface area (Å²) in [6.45, 7) is 5.29. The number of benzene rings is 1. The molecule has 2 rings (SSSR count). The maximum Gasteiger partial charge on any atom is 0.118 e. The quantitative estimate of drug-likeness (QED) is 0.907. The summed E-state index contributed by atoms with van der Waals surface area (Å²) >= 11 is 0. The van der Waals surface area contributed by atoms with E-state index in [4.69, 9.17) is 10.5 Å². The van der Waals surface area contributed by atoms with E-state index in [-0.39, 0.29) is 0 Å². The SMILES string of the molecule is CCN1CCCCC(CN)C1c1ccc(OC)cc1. The van der Waals surface area contributed by atoms with Crippen LogP contribution in [0.2, 0.25) is 0 Å². The second kappa shape index (κ2) is 6.92. The van der Waals surface area contributed by atoms with Crippen LogP contribution in [0.4, 0.5) is 0 Å². The Hall–Kier alpha value is -1.06. The first kappa shape index (κ1) is 14.4. The van der Waals surface area contributed by atoms with Crippen LogP contribution in [-0.2, 0) is 0 Å². The number of rotatable bonds is 4. The average molecular weight is 262 g/mol. The van der Waals surface area contributed by atoms with Gasteiger partial charge in [0.15, 0.2) is 0 Å². The predicted octanol–water partition coefficient (Wildman–Crippen LogP) is 2.82. The van der Waals surface area contributed by atoms with Gasteiger partial charge in [-0.1, -0.05) is 25.5 Å². The van der Waals surface area contributed by atoms with Gasteiger partial charge in [-0.25, -0.2) is 0 Å². The molecule has 0 bridgehead atoms. The smallest absolute Gasteiger partial charge is 0.118 e. The zero-order valence-corrected chi connectivity index (χ0v) is 12.1. The molecule has 1 heterocycles. The molecule has 0 aliphatic carbocycles. The van der Waals surface area contributed by atoms with Crippen molar-refractivity contribution in [2.24, 2.45) is 11.7 Å². The lowest BCUT2D eigenvalue weighted by atomic mass is 9.89. The topological polar surface area (TPSA) is 38.5 Å². The second-order valence-electron chi connectivity index (χ2n) is 5.34. The van der Waals surface area contributed by atoms with Gasteiger partial charge in [0.25, 0.3) is 0 Å². The number of likely N-dealkylation sites (tertiary alicyclic amines) is 1. The van der Waals surface area contributed by atoms with Gasteiger partial charge in [0, 0.05) is 6.04 Å². The molecule has 106 valence electrons. The second-order valence-corrected chi connectivity index (χ2v) is 5.34. The van der Waals surface area contributed by atoms with Crippen molar-refractivity contribution in [2.45, 2.75) is 32.2 Å². The van der Waals surface area contributed by atoms with Crippen molar-refractivity contribution in [2.75, 3.05) is 26.7 Å². The molecule has 0 aromatic heterocycles. The lowest BCUT2D eigenvalue weighted by molar-refractivity contribution is 0.166. The molecule has 0 radical (unpaired) electrons. The first-order chi connectivity index (χ1) is 9.30. The van der Waals surface area contributed by atoms with E-state index >= 15 is 0 Å².